The predicted molar refractivity (Wildman–Crippen MR) is 81.0 cm³/mol. The zero-order valence-corrected chi connectivity index (χ0v) is 13.1. The van der Waals surface area contributed by atoms with Gasteiger partial charge in [0.05, 0.1) is 19.6 Å². The maximum atomic E-state index is 12.4. The van der Waals surface area contributed by atoms with Crippen LogP contribution in [0.5, 0.6) is 5.88 Å². The number of piperazine rings is 1. The molecule has 120 valence electrons. The molecule has 0 N–H and O–H groups in total. The highest BCUT2D eigenvalue weighted by Gasteiger charge is 2.30. The van der Waals surface area contributed by atoms with Gasteiger partial charge in [0.1, 0.15) is 0 Å². The smallest absolute Gasteiger partial charge is 0.228 e. The Balaban J connectivity index is 1.61. The van der Waals surface area contributed by atoms with E-state index in [2.05, 4.69) is 14.9 Å². The maximum absolute atomic E-state index is 12.4. The molecule has 2 fully saturated rings. The Hall–Kier alpha value is -1.89. The fourth-order valence-electron chi connectivity index (χ4n) is 2.88. The lowest BCUT2D eigenvalue weighted by molar-refractivity contribution is -0.135. The number of aromatic nitrogens is 2. The Labute approximate surface area is 130 Å². The first-order chi connectivity index (χ1) is 10.7. The molecule has 1 aromatic heterocycles. The molecule has 7 nitrogen and oxygen atoms in total. The second kappa shape index (κ2) is 6.48. The Bertz CT molecular complexity index is 538. The third-order valence-corrected chi connectivity index (χ3v) is 4.18. The van der Waals surface area contributed by atoms with E-state index in [0.29, 0.717) is 38.1 Å². The highest BCUT2D eigenvalue weighted by Crippen LogP contribution is 2.19. The van der Waals surface area contributed by atoms with Gasteiger partial charge < -0.3 is 19.3 Å². The molecule has 3 rings (SSSR count). The van der Waals surface area contributed by atoms with Gasteiger partial charge in [0.2, 0.25) is 17.7 Å². The first-order valence-electron chi connectivity index (χ1n) is 7.68. The van der Waals surface area contributed by atoms with Gasteiger partial charge in [-0.05, 0) is 13.3 Å². The standard InChI is InChI=1S/C15H22N4O3/c1-11-9-13(21-2)17-15(16-11)19-6-4-18(5-7-19)14(20)12-3-8-22-10-12/h9,12H,3-8,10H2,1-2H3/t12-/m1/s1. The van der Waals surface area contributed by atoms with Crippen LogP contribution in [0.1, 0.15) is 12.1 Å². The largest absolute Gasteiger partial charge is 0.481 e. The van der Waals surface area contributed by atoms with Crippen LogP contribution in [-0.4, -0.2) is 67.3 Å². The van der Waals surface area contributed by atoms with Crippen LogP contribution in [-0.2, 0) is 9.53 Å². The summed E-state index contributed by atoms with van der Waals surface area (Å²) in [7, 11) is 1.60. The van der Waals surface area contributed by atoms with E-state index in [1.165, 1.54) is 0 Å². The summed E-state index contributed by atoms with van der Waals surface area (Å²) < 4.78 is 10.5. The number of hydrogen-bond donors (Lipinski definition) is 0. The molecule has 0 aromatic carbocycles. The van der Waals surface area contributed by atoms with Gasteiger partial charge in [-0.25, -0.2) is 4.98 Å². The number of carbonyl (C=O) groups excluding carboxylic acids is 1. The fraction of sp³-hybridized carbons (Fsp3) is 0.667. The van der Waals surface area contributed by atoms with E-state index >= 15 is 0 Å². The van der Waals surface area contributed by atoms with Crippen molar-refractivity contribution in [2.75, 3.05) is 51.4 Å². The summed E-state index contributed by atoms with van der Waals surface area (Å²) in [6.07, 6.45) is 0.844. The van der Waals surface area contributed by atoms with Crippen molar-refractivity contribution < 1.29 is 14.3 Å². The lowest BCUT2D eigenvalue weighted by Crippen LogP contribution is -2.51. The van der Waals surface area contributed by atoms with Crippen molar-refractivity contribution in [3.63, 3.8) is 0 Å². The van der Waals surface area contributed by atoms with Gasteiger partial charge in [0.25, 0.3) is 0 Å². The lowest BCUT2D eigenvalue weighted by Gasteiger charge is -2.35. The van der Waals surface area contributed by atoms with E-state index in [-0.39, 0.29) is 11.8 Å². The number of hydrogen-bond acceptors (Lipinski definition) is 6. The maximum Gasteiger partial charge on any atom is 0.228 e. The third-order valence-electron chi connectivity index (χ3n) is 4.18. The number of aryl methyl sites for hydroxylation is 1. The molecule has 0 unspecified atom stereocenters. The van der Waals surface area contributed by atoms with Gasteiger partial charge in [-0.1, -0.05) is 0 Å². The Morgan fingerprint density at radius 3 is 2.73 bits per heavy atom. The summed E-state index contributed by atoms with van der Waals surface area (Å²) in [5.41, 5.74) is 0.878. The fourth-order valence-corrected chi connectivity index (χ4v) is 2.88. The summed E-state index contributed by atoms with van der Waals surface area (Å²) in [5, 5.41) is 0. The van der Waals surface area contributed by atoms with Crippen LogP contribution < -0.4 is 9.64 Å². The van der Waals surface area contributed by atoms with Gasteiger partial charge in [-0.15, -0.1) is 0 Å². The number of carbonyl (C=O) groups is 1. The average molecular weight is 306 g/mol. The number of anilines is 1. The second-order valence-electron chi connectivity index (χ2n) is 5.72. The SMILES string of the molecule is COc1cc(C)nc(N2CCN(C(=O)[C@@H]3CCOC3)CC2)n1. The van der Waals surface area contributed by atoms with Gasteiger partial charge in [0, 0.05) is 44.5 Å². The molecule has 0 radical (unpaired) electrons. The summed E-state index contributed by atoms with van der Waals surface area (Å²) in [4.78, 5) is 25.3. The Morgan fingerprint density at radius 1 is 1.32 bits per heavy atom. The van der Waals surface area contributed by atoms with Crippen molar-refractivity contribution in [1.82, 2.24) is 14.9 Å². The van der Waals surface area contributed by atoms with Crippen LogP contribution in [0, 0.1) is 12.8 Å². The van der Waals surface area contributed by atoms with Crippen LogP contribution in [0.15, 0.2) is 6.07 Å². The zero-order valence-electron chi connectivity index (χ0n) is 13.1. The minimum absolute atomic E-state index is 0.0434. The normalized spacial score (nSPS) is 22.0. The van der Waals surface area contributed by atoms with Crippen LogP contribution in [0.25, 0.3) is 0 Å². The molecule has 2 aliphatic heterocycles. The third kappa shape index (κ3) is 3.14. The van der Waals surface area contributed by atoms with Crippen molar-refractivity contribution >= 4 is 11.9 Å². The van der Waals surface area contributed by atoms with Crippen molar-refractivity contribution in [3.05, 3.63) is 11.8 Å². The van der Waals surface area contributed by atoms with Crippen LogP contribution in [0.2, 0.25) is 0 Å². The predicted octanol–water partition coefficient (Wildman–Crippen LogP) is 0.479. The molecule has 7 heteroatoms. The molecule has 1 aromatic rings. The number of methoxy groups -OCH3 is 1. The number of rotatable bonds is 3. The van der Waals surface area contributed by atoms with Crippen molar-refractivity contribution in [2.45, 2.75) is 13.3 Å². The van der Waals surface area contributed by atoms with Crippen molar-refractivity contribution in [3.8, 4) is 5.88 Å². The van der Waals surface area contributed by atoms with E-state index < -0.39 is 0 Å². The first kappa shape index (κ1) is 15.0. The van der Waals surface area contributed by atoms with Gasteiger partial charge in [-0.3, -0.25) is 4.79 Å². The van der Waals surface area contributed by atoms with Gasteiger partial charge in [0.15, 0.2) is 0 Å². The zero-order chi connectivity index (χ0) is 15.5. The summed E-state index contributed by atoms with van der Waals surface area (Å²) >= 11 is 0. The minimum atomic E-state index is 0.0434. The number of nitrogens with zero attached hydrogens (tertiary/aromatic N) is 4. The number of amides is 1. The Morgan fingerprint density at radius 2 is 2.09 bits per heavy atom. The molecule has 1 atom stereocenters. The monoisotopic (exact) mass is 306 g/mol. The van der Waals surface area contributed by atoms with Crippen molar-refractivity contribution in [2.24, 2.45) is 5.92 Å². The van der Waals surface area contributed by atoms with E-state index in [1.807, 2.05) is 17.9 Å². The molecule has 22 heavy (non-hydrogen) atoms. The second-order valence-corrected chi connectivity index (χ2v) is 5.72. The van der Waals surface area contributed by atoms with Crippen LogP contribution in [0.4, 0.5) is 5.95 Å². The van der Waals surface area contributed by atoms with Crippen LogP contribution >= 0.6 is 0 Å². The van der Waals surface area contributed by atoms with Crippen molar-refractivity contribution in [1.29, 1.82) is 0 Å². The topological polar surface area (TPSA) is 67.8 Å². The summed E-state index contributed by atoms with van der Waals surface area (Å²) in [5.74, 6) is 1.51. The molecule has 0 saturated carbocycles. The molecule has 0 spiro atoms. The molecule has 2 aliphatic rings. The lowest BCUT2D eigenvalue weighted by atomic mass is 10.1. The summed E-state index contributed by atoms with van der Waals surface area (Å²) in [6, 6.07) is 1.81. The molecule has 3 heterocycles. The quantitative estimate of drug-likeness (QED) is 0.809. The van der Waals surface area contributed by atoms with Gasteiger partial charge >= 0.3 is 0 Å². The Kier molecular flexibility index (Phi) is 4.42. The minimum Gasteiger partial charge on any atom is -0.481 e. The number of ether oxygens (including phenoxy) is 2. The van der Waals surface area contributed by atoms with E-state index in [0.717, 1.165) is 25.2 Å². The van der Waals surface area contributed by atoms with E-state index in [1.54, 1.807) is 7.11 Å². The molecule has 0 bridgehead atoms. The van der Waals surface area contributed by atoms with E-state index in [9.17, 15) is 4.79 Å². The molecular formula is C15H22N4O3. The average Bonchev–Trinajstić information content (AvgIpc) is 3.08. The summed E-state index contributed by atoms with van der Waals surface area (Å²) in [6.45, 7) is 6.08. The molecular weight excluding hydrogens is 284 g/mol. The van der Waals surface area contributed by atoms with Crippen LogP contribution in [0.3, 0.4) is 0 Å². The highest BCUT2D eigenvalue weighted by atomic mass is 16.5. The van der Waals surface area contributed by atoms with E-state index in [4.69, 9.17) is 9.47 Å². The molecule has 0 aliphatic carbocycles. The highest BCUT2D eigenvalue weighted by molar-refractivity contribution is 5.79. The van der Waals surface area contributed by atoms with Gasteiger partial charge in [-0.2, -0.15) is 4.98 Å². The molecule has 1 amide bonds. The first-order valence-corrected chi connectivity index (χ1v) is 7.68. The molecule has 2 saturated heterocycles.